The minimum absolute atomic E-state index is 0.0338. The highest BCUT2D eigenvalue weighted by Gasteiger charge is 2.37. The van der Waals surface area contributed by atoms with Gasteiger partial charge in [0.15, 0.2) is 0 Å². The lowest BCUT2D eigenvalue weighted by Gasteiger charge is -2.18. The number of carbonyl (C=O) groups is 2. The summed E-state index contributed by atoms with van der Waals surface area (Å²) in [6.07, 6.45) is -4.60. The van der Waals surface area contributed by atoms with E-state index in [0.717, 1.165) is 11.6 Å². The van der Waals surface area contributed by atoms with E-state index in [1.54, 1.807) is 6.07 Å². The molecule has 0 aromatic heterocycles. The molecule has 2 amide bonds. The van der Waals surface area contributed by atoms with Gasteiger partial charge in [0.05, 0.1) is 17.2 Å². The van der Waals surface area contributed by atoms with Gasteiger partial charge in [0.1, 0.15) is 0 Å². The number of nitrogens with one attached hydrogen (secondary N) is 1. The zero-order valence-corrected chi connectivity index (χ0v) is 14.0. The molecule has 1 aliphatic rings. The van der Waals surface area contributed by atoms with Crippen LogP contribution in [0.1, 0.15) is 17.5 Å². The number of para-hydroxylation sites is 1. The first-order valence-corrected chi connectivity index (χ1v) is 8.10. The van der Waals surface area contributed by atoms with Crippen molar-refractivity contribution < 1.29 is 22.8 Å². The summed E-state index contributed by atoms with van der Waals surface area (Å²) in [5.41, 5.74) is 0.447. The minimum Gasteiger partial charge on any atom is -0.325 e. The Kier molecular flexibility index (Phi) is 4.71. The number of aryl methyl sites for hydroxylation is 1. The molecule has 0 unspecified atom stereocenters. The van der Waals surface area contributed by atoms with E-state index >= 15 is 0 Å². The zero-order chi connectivity index (χ0) is 18.9. The predicted octanol–water partition coefficient (Wildman–Crippen LogP) is 4.01. The maximum atomic E-state index is 13.0. The van der Waals surface area contributed by atoms with Crippen LogP contribution in [0.2, 0.25) is 0 Å². The van der Waals surface area contributed by atoms with Gasteiger partial charge in [0, 0.05) is 18.7 Å². The summed E-state index contributed by atoms with van der Waals surface area (Å²) in [6, 6.07) is 12.1. The molecule has 2 aromatic carbocycles. The number of anilines is 2. The SMILES string of the molecule is Cc1cccc(N2C[C@H](C(=O)Nc3ccccc3C(F)(F)F)CC2=O)c1. The molecule has 4 nitrogen and oxygen atoms in total. The van der Waals surface area contributed by atoms with Crippen LogP contribution in [-0.2, 0) is 15.8 Å². The molecule has 26 heavy (non-hydrogen) atoms. The Labute approximate surface area is 148 Å². The summed E-state index contributed by atoms with van der Waals surface area (Å²) in [7, 11) is 0. The molecule has 1 atom stereocenters. The Balaban J connectivity index is 1.75. The van der Waals surface area contributed by atoms with Crippen LogP contribution < -0.4 is 10.2 Å². The maximum Gasteiger partial charge on any atom is 0.418 e. The molecule has 7 heteroatoms. The third-order valence-corrected chi connectivity index (χ3v) is 4.30. The van der Waals surface area contributed by atoms with Crippen molar-refractivity contribution in [3.8, 4) is 0 Å². The second-order valence-corrected chi connectivity index (χ2v) is 6.28. The van der Waals surface area contributed by atoms with Crippen molar-refractivity contribution in [3.63, 3.8) is 0 Å². The summed E-state index contributed by atoms with van der Waals surface area (Å²) >= 11 is 0. The van der Waals surface area contributed by atoms with E-state index in [-0.39, 0.29) is 24.6 Å². The van der Waals surface area contributed by atoms with Crippen LogP contribution in [0.25, 0.3) is 0 Å². The normalized spacial score (nSPS) is 17.5. The molecule has 0 bridgehead atoms. The smallest absolute Gasteiger partial charge is 0.325 e. The molecule has 1 N–H and O–H groups in total. The molecule has 136 valence electrons. The van der Waals surface area contributed by atoms with Crippen molar-refractivity contribution in [1.82, 2.24) is 0 Å². The topological polar surface area (TPSA) is 49.4 Å². The molecular weight excluding hydrogens is 345 g/mol. The molecular formula is C19H17F3N2O2. The van der Waals surface area contributed by atoms with Gasteiger partial charge in [-0.3, -0.25) is 9.59 Å². The quantitative estimate of drug-likeness (QED) is 0.897. The van der Waals surface area contributed by atoms with Crippen LogP contribution in [0.4, 0.5) is 24.5 Å². The second-order valence-electron chi connectivity index (χ2n) is 6.28. The van der Waals surface area contributed by atoms with E-state index in [9.17, 15) is 22.8 Å². The number of hydrogen-bond acceptors (Lipinski definition) is 2. The number of amides is 2. The van der Waals surface area contributed by atoms with Crippen LogP contribution in [0, 0.1) is 12.8 Å². The fourth-order valence-corrected chi connectivity index (χ4v) is 3.00. The molecule has 1 fully saturated rings. The van der Waals surface area contributed by atoms with Crippen LogP contribution in [0.15, 0.2) is 48.5 Å². The molecule has 1 aliphatic heterocycles. The fraction of sp³-hybridized carbons (Fsp3) is 0.263. The van der Waals surface area contributed by atoms with Crippen molar-refractivity contribution in [1.29, 1.82) is 0 Å². The number of carbonyl (C=O) groups excluding carboxylic acids is 2. The van der Waals surface area contributed by atoms with E-state index in [4.69, 9.17) is 0 Å². The van der Waals surface area contributed by atoms with Crippen LogP contribution in [0.3, 0.4) is 0 Å². The number of alkyl halides is 3. The lowest BCUT2D eigenvalue weighted by molar-refractivity contribution is -0.137. The molecule has 0 radical (unpaired) electrons. The number of nitrogens with zero attached hydrogens (tertiary/aromatic N) is 1. The predicted molar refractivity (Wildman–Crippen MR) is 91.7 cm³/mol. The molecule has 1 saturated heterocycles. The first-order valence-electron chi connectivity index (χ1n) is 8.10. The Morgan fingerprint density at radius 1 is 1.15 bits per heavy atom. The monoisotopic (exact) mass is 362 g/mol. The van der Waals surface area contributed by atoms with Gasteiger partial charge in [-0.15, -0.1) is 0 Å². The summed E-state index contributed by atoms with van der Waals surface area (Å²) in [5, 5.41) is 2.33. The van der Waals surface area contributed by atoms with Gasteiger partial charge in [-0.2, -0.15) is 13.2 Å². The van der Waals surface area contributed by atoms with Gasteiger partial charge < -0.3 is 10.2 Å². The summed E-state index contributed by atoms with van der Waals surface area (Å²) < 4.78 is 39.1. The van der Waals surface area contributed by atoms with Gasteiger partial charge in [-0.05, 0) is 36.8 Å². The summed E-state index contributed by atoms with van der Waals surface area (Å²) in [4.78, 5) is 26.2. The fourth-order valence-electron chi connectivity index (χ4n) is 3.00. The standard InChI is InChI=1S/C19H17F3N2O2/c1-12-5-4-6-14(9-12)24-11-13(10-17(24)25)18(26)23-16-8-3-2-7-15(16)19(20,21)22/h2-9,13H,10-11H2,1H3,(H,23,26)/t13-/m1/s1. The van der Waals surface area contributed by atoms with Crippen molar-refractivity contribution >= 4 is 23.2 Å². The maximum absolute atomic E-state index is 13.0. The summed E-state index contributed by atoms with van der Waals surface area (Å²) in [6.45, 7) is 2.03. The highest BCUT2D eigenvalue weighted by Crippen LogP contribution is 2.35. The largest absolute Gasteiger partial charge is 0.418 e. The third-order valence-electron chi connectivity index (χ3n) is 4.30. The molecule has 3 rings (SSSR count). The highest BCUT2D eigenvalue weighted by molar-refractivity contribution is 6.03. The van der Waals surface area contributed by atoms with Crippen molar-refractivity contribution in [3.05, 3.63) is 59.7 Å². The van der Waals surface area contributed by atoms with Crippen molar-refractivity contribution in [2.45, 2.75) is 19.5 Å². The molecule has 0 saturated carbocycles. The number of rotatable bonds is 3. The second kappa shape index (κ2) is 6.82. The zero-order valence-electron chi connectivity index (χ0n) is 14.0. The van der Waals surface area contributed by atoms with Gasteiger partial charge in [0.2, 0.25) is 11.8 Å². The molecule has 0 aliphatic carbocycles. The van der Waals surface area contributed by atoms with E-state index in [2.05, 4.69) is 5.32 Å². The highest BCUT2D eigenvalue weighted by atomic mass is 19.4. The lowest BCUT2D eigenvalue weighted by atomic mass is 10.1. The first kappa shape index (κ1) is 18.0. The number of benzene rings is 2. The average molecular weight is 362 g/mol. The lowest BCUT2D eigenvalue weighted by Crippen LogP contribution is -2.28. The number of hydrogen-bond donors (Lipinski definition) is 1. The van der Waals surface area contributed by atoms with Crippen LogP contribution >= 0.6 is 0 Å². The third kappa shape index (κ3) is 3.71. The van der Waals surface area contributed by atoms with E-state index < -0.39 is 23.6 Å². The van der Waals surface area contributed by atoms with Gasteiger partial charge in [-0.25, -0.2) is 0 Å². The Morgan fingerprint density at radius 2 is 1.88 bits per heavy atom. The van der Waals surface area contributed by atoms with Crippen molar-refractivity contribution in [2.24, 2.45) is 5.92 Å². The average Bonchev–Trinajstić information content (AvgIpc) is 2.96. The molecule has 0 spiro atoms. The van der Waals surface area contributed by atoms with E-state index in [1.165, 1.54) is 23.1 Å². The Morgan fingerprint density at radius 3 is 2.58 bits per heavy atom. The van der Waals surface area contributed by atoms with E-state index in [0.29, 0.717) is 5.69 Å². The van der Waals surface area contributed by atoms with Crippen LogP contribution in [0.5, 0.6) is 0 Å². The van der Waals surface area contributed by atoms with Gasteiger partial charge in [-0.1, -0.05) is 24.3 Å². The van der Waals surface area contributed by atoms with Crippen LogP contribution in [-0.4, -0.2) is 18.4 Å². The Hall–Kier alpha value is -2.83. The Bertz CT molecular complexity index is 849. The summed E-state index contributed by atoms with van der Waals surface area (Å²) in [5.74, 6) is -1.52. The first-order chi connectivity index (χ1) is 12.3. The molecule has 1 heterocycles. The van der Waals surface area contributed by atoms with Crippen molar-refractivity contribution in [2.75, 3.05) is 16.8 Å². The molecule has 2 aromatic rings. The van der Waals surface area contributed by atoms with E-state index in [1.807, 2.05) is 25.1 Å². The van der Waals surface area contributed by atoms with Gasteiger partial charge in [0.25, 0.3) is 0 Å². The number of halogens is 3. The van der Waals surface area contributed by atoms with Gasteiger partial charge >= 0.3 is 6.18 Å². The minimum atomic E-state index is -4.57.